The van der Waals surface area contributed by atoms with Gasteiger partial charge in [-0.3, -0.25) is 24.5 Å². The summed E-state index contributed by atoms with van der Waals surface area (Å²) in [5.74, 6) is -6.54. The molecule has 5 rings (SSSR count). The van der Waals surface area contributed by atoms with Crippen molar-refractivity contribution < 1.29 is 33.8 Å². The van der Waals surface area contributed by atoms with Gasteiger partial charge in [0, 0.05) is 5.39 Å². The van der Waals surface area contributed by atoms with E-state index in [2.05, 4.69) is 5.32 Å². The molecule has 0 bridgehead atoms. The largest absolute Gasteiger partial charge is 0.481 e. The topological polar surface area (TPSA) is 137 Å². The van der Waals surface area contributed by atoms with Gasteiger partial charge in [-0.2, -0.15) is 0 Å². The van der Waals surface area contributed by atoms with Gasteiger partial charge >= 0.3 is 11.9 Å². The number of carboxylic acid groups (broad SMARTS) is 2. The summed E-state index contributed by atoms with van der Waals surface area (Å²) in [6.45, 7) is 1.74. The number of para-hydroxylation sites is 2. The van der Waals surface area contributed by atoms with Crippen LogP contribution in [0.1, 0.15) is 23.8 Å². The molecule has 3 heterocycles. The lowest BCUT2D eigenvalue weighted by Crippen LogP contribution is -2.57. The van der Waals surface area contributed by atoms with Crippen molar-refractivity contribution in [2.24, 2.45) is 11.8 Å². The third-order valence-electron chi connectivity index (χ3n) is 6.57. The Morgan fingerprint density at radius 2 is 1.76 bits per heavy atom. The average molecular weight is 448 g/mol. The summed E-state index contributed by atoms with van der Waals surface area (Å²) >= 11 is 0. The summed E-state index contributed by atoms with van der Waals surface area (Å²) in [6, 6.07) is 14.6. The lowest BCUT2D eigenvalue weighted by atomic mass is 9.78. The van der Waals surface area contributed by atoms with Gasteiger partial charge in [0.25, 0.3) is 0 Å². The molecule has 3 N–H and O–H groups in total. The summed E-state index contributed by atoms with van der Waals surface area (Å²) in [7, 11) is 0. The number of imide groups is 1. The molecule has 2 aliphatic heterocycles. The maximum absolute atomic E-state index is 13.6. The Labute approximate surface area is 187 Å². The number of furan rings is 1. The molecular weight excluding hydrogens is 428 g/mol. The summed E-state index contributed by atoms with van der Waals surface area (Å²) in [5, 5.41) is 23.2. The quantitative estimate of drug-likeness (QED) is 0.506. The average Bonchev–Trinajstić information content (AvgIpc) is 3.41. The number of nitrogens with one attached hydrogen (secondary N) is 1. The van der Waals surface area contributed by atoms with Gasteiger partial charge in [0.2, 0.25) is 11.8 Å². The molecule has 3 aromatic rings. The molecule has 0 saturated carbocycles. The molecule has 4 atom stereocenters. The highest BCUT2D eigenvalue weighted by Crippen LogP contribution is 2.51. The summed E-state index contributed by atoms with van der Waals surface area (Å²) in [6.07, 6.45) is -0.874. The lowest BCUT2D eigenvalue weighted by molar-refractivity contribution is -0.154. The zero-order valence-corrected chi connectivity index (χ0v) is 17.5. The second-order valence-electron chi connectivity index (χ2n) is 8.46. The Hall–Kier alpha value is -3.98. The van der Waals surface area contributed by atoms with Gasteiger partial charge in [0.1, 0.15) is 16.9 Å². The molecule has 2 fully saturated rings. The third-order valence-corrected chi connectivity index (χ3v) is 6.57. The maximum Gasteiger partial charge on any atom is 0.325 e. The van der Waals surface area contributed by atoms with Crippen molar-refractivity contribution in [1.82, 2.24) is 5.32 Å². The van der Waals surface area contributed by atoms with E-state index in [1.807, 2.05) is 6.07 Å². The van der Waals surface area contributed by atoms with E-state index < -0.39 is 53.6 Å². The van der Waals surface area contributed by atoms with Crippen molar-refractivity contribution in [3.8, 4) is 0 Å². The molecule has 2 amide bonds. The first kappa shape index (κ1) is 20.9. The van der Waals surface area contributed by atoms with Crippen LogP contribution in [0, 0.1) is 18.8 Å². The van der Waals surface area contributed by atoms with Crippen molar-refractivity contribution in [2.45, 2.75) is 24.9 Å². The molecule has 0 spiro atoms. The molecule has 168 valence electrons. The number of aliphatic carboxylic acids is 2. The van der Waals surface area contributed by atoms with E-state index in [1.54, 1.807) is 55.5 Å². The molecule has 2 aromatic carbocycles. The van der Waals surface area contributed by atoms with E-state index in [0.717, 1.165) is 10.3 Å². The Morgan fingerprint density at radius 3 is 2.42 bits per heavy atom. The van der Waals surface area contributed by atoms with Crippen LogP contribution in [-0.2, 0) is 19.2 Å². The van der Waals surface area contributed by atoms with Crippen molar-refractivity contribution in [2.75, 3.05) is 4.90 Å². The Balaban J connectivity index is 1.69. The smallest absolute Gasteiger partial charge is 0.325 e. The molecule has 0 radical (unpaired) electrons. The van der Waals surface area contributed by atoms with Crippen LogP contribution in [0.25, 0.3) is 11.0 Å². The van der Waals surface area contributed by atoms with E-state index in [1.165, 1.54) is 0 Å². The summed E-state index contributed by atoms with van der Waals surface area (Å²) in [5.41, 5.74) is -0.638. The zero-order valence-electron chi connectivity index (χ0n) is 17.5. The van der Waals surface area contributed by atoms with E-state index in [0.29, 0.717) is 16.8 Å². The van der Waals surface area contributed by atoms with Gasteiger partial charge in [-0.25, -0.2) is 4.90 Å². The number of hydrogen-bond acceptors (Lipinski definition) is 6. The Kier molecular flexibility index (Phi) is 4.61. The van der Waals surface area contributed by atoms with E-state index in [9.17, 15) is 29.4 Å². The molecule has 4 unspecified atom stereocenters. The minimum atomic E-state index is -2.18. The fraction of sp³-hybridized carbons (Fsp3) is 0.250. The van der Waals surface area contributed by atoms with Gasteiger partial charge in [-0.15, -0.1) is 0 Å². The number of amides is 2. The highest BCUT2D eigenvalue weighted by Gasteiger charge is 2.70. The minimum Gasteiger partial charge on any atom is -0.481 e. The predicted molar refractivity (Wildman–Crippen MR) is 115 cm³/mol. The highest BCUT2D eigenvalue weighted by atomic mass is 16.4. The molecule has 9 heteroatoms. The van der Waals surface area contributed by atoms with Gasteiger partial charge in [0.05, 0.1) is 30.0 Å². The number of aryl methyl sites for hydroxylation is 1. The summed E-state index contributed by atoms with van der Waals surface area (Å²) in [4.78, 5) is 52.4. The van der Waals surface area contributed by atoms with E-state index in [4.69, 9.17) is 4.42 Å². The number of benzene rings is 2. The van der Waals surface area contributed by atoms with Crippen molar-refractivity contribution in [3.05, 3.63) is 65.9 Å². The molecule has 2 aliphatic rings. The van der Waals surface area contributed by atoms with Crippen LogP contribution in [-0.4, -0.2) is 39.5 Å². The fourth-order valence-electron chi connectivity index (χ4n) is 5.13. The third kappa shape index (κ3) is 2.96. The van der Waals surface area contributed by atoms with Gasteiger partial charge in [0.15, 0.2) is 0 Å². The van der Waals surface area contributed by atoms with Gasteiger partial charge < -0.3 is 14.6 Å². The molecule has 0 aliphatic carbocycles. The fourth-order valence-corrected chi connectivity index (χ4v) is 5.13. The first-order chi connectivity index (χ1) is 15.7. The number of rotatable bonds is 5. The normalized spacial score (nSPS) is 26.7. The van der Waals surface area contributed by atoms with Crippen LogP contribution >= 0.6 is 0 Å². The number of hydrogen-bond donors (Lipinski definition) is 3. The minimum absolute atomic E-state index is 0.271. The maximum atomic E-state index is 13.6. The van der Waals surface area contributed by atoms with Crippen LogP contribution in [0.2, 0.25) is 0 Å². The van der Waals surface area contributed by atoms with Crippen LogP contribution in [0.5, 0.6) is 0 Å². The Morgan fingerprint density at radius 1 is 1.06 bits per heavy atom. The second kappa shape index (κ2) is 7.28. The molecule has 1 aromatic heterocycles. The van der Waals surface area contributed by atoms with Gasteiger partial charge in [-0.05, 0) is 30.7 Å². The molecule has 2 saturated heterocycles. The number of carbonyl (C=O) groups is 4. The van der Waals surface area contributed by atoms with Crippen LogP contribution in [0.15, 0.2) is 59.0 Å². The first-order valence-electron chi connectivity index (χ1n) is 10.4. The number of carboxylic acids is 2. The lowest BCUT2D eigenvalue weighted by Gasteiger charge is -2.29. The van der Waals surface area contributed by atoms with E-state index in [-0.39, 0.29) is 5.76 Å². The second-order valence-corrected chi connectivity index (χ2v) is 8.46. The van der Waals surface area contributed by atoms with Crippen molar-refractivity contribution in [3.63, 3.8) is 0 Å². The molecule has 9 nitrogen and oxygen atoms in total. The first-order valence-corrected chi connectivity index (χ1v) is 10.4. The molecular formula is C24H20N2O7. The van der Waals surface area contributed by atoms with E-state index >= 15 is 0 Å². The van der Waals surface area contributed by atoms with Crippen molar-refractivity contribution in [1.29, 1.82) is 0 Å². The summed E-state index contributed by atoms with van der Waals surface area (Å²) < 4.78 is 5.90. The zero-order chi connectivity index (χ0) is 23.5. The van der Waals surface area contributed by atoms with Crippen molar-refractivity contribution >= 4 is 40.4 Å². The number of carbonyl (C=O) groups excluding carboxylic acids is 2. The number of fused-ring (bicyclic) bond motifs is 2. The van der Waals surface area contributed by atoms with Crippen LogP contribution in [0.3, 0.4) is 0 Å². The van der Waals surface area contributed by atoms with Crippen LogP contribution in [0.4, 0.5) is 5.69 Å². The highest BCUT2D eigenvalue weighted by molar-refractivity contribution is 6.24. The Bertz CT molecular complexity index is 1300. The predicted octanol–water partition coefficient (Wildman–Crippen LogP) is 2.49. The monoisotopic (exact) mass is 448 g/mol. The number of nitrogens with zero attached hydrogens (tertiary/aromatic N) is 1. The van der Waals surface area contributed by atoms with Gasteiger partial charge in [-0.1, -0.05) is 36.4 Å². The number of anilines is 1. The SMILES string of the molecule is Cc1ccccc1N1C(=O)C2C(c3cc4ccccc4o3)NC(CC(=O)O)(C(=O)O)C2C1=O. The van der Waals surface area contributed by atoms with Crippen LogP contribution < -0.4 is 10.2 Å². The standard InChI is InChI=1S/C24H20N2O7/c1-12-6-2-4-8-14(12)26-21(29)18-19(22(26)30)24(23(31)32,11-17(27)28)25-20(18)16-10-13-7-3-5-9-15(13)33-16/h2-10,18-20,25H,11H2,1H3,(H,27,28)(H,31,32). The molecule has 33 heavy (non-hydrogen) atoms.